The molecule has 0 fully saturated rings. The summed E-state index contributed by atoms with van der Waals surface area (Å²) < 4.78 is 0. The van der Waals surface area contributed by atoms with E-state index in [4.69, 9.17) is 11.5 Å². The van der Waals surface area contributed by atoms with E-state index < -0.39 is 60.2 Å². The van der Waals surface area contributed by atoms with Gasteiger partial charge in [-0.15, -0.1) is 0 Å². The van der Waals surface area contributed by atoms with Crippen molar-refractivity contribution in [1.82, 2.24) is 16.0 Å². The van der Waals surface area contributed by atoms with Gasteiger partial charge in [-0.2, -0.15) is 12.6 Å². The van der Waals surface area contributed by atoms with Crippen LogP contribution in [0.3, 0.4) is 0 Å². The first-order valence-electron chi connectivity index (χ1n) is 9.64. The first kappa shape index (κ1) is 27.7. The molecule has 12 heteroatoms. The van der Waals surface area contributed by atoms with Crippen molar-refractivity contribution in [3.05, 3.63) is 0 Å². The standard InChI is InChI=1S/C18H33N5O6S/c1-5-9(4)14(17(27)22-13(8(2)3)18(28)29)23-16(26)11(7-30)21-15(25)10(19)6-12(20)24/h8-11,13-14,30H,5-7,19H2,1-4H3,(H2,20,24)(H,21,25)(H,22,27)(H,23,26)(H,28,29). The number of nitrogens with two attached hydrogens (primary N) is 2. The molecule has 5 unspecified atom stereocenters. The van der Waals surface area contributed by atoms with E-state index in [1.54, 1.807) is 20.8 Å². The number of rotatable bonds is 13. The Morgan fingerprint density at radius 3 is 1.87 bits per heavy atom. The van der Waals surface area contributed by atoms with Crippen LogP contribution >= 0.6 is 12.6 Å². The molecule has 0 saturated heterocycles. The third-order valence-corrected chi connectivity index (χ3v) is 4.96. The van der Waals surface area contributed by atoms with Gasteiger partial charge in [-0.1, -0.05) is 34.1 Å². The van der Waals surface area contributed by atoms with Crippen molar-refractivity contribution in [2.45, 2.75) is 64.7 Å². The summed E-state index contributed by atoms with van der Waals surface area (Å²) in [6, 6.07) is -4.50. The monoisotopic (exact) mass is 447 g/mol. The van der Waals surface area contributed by atoms with Gasteiger partial charge in [-0.25, -0.2) is 4.79 Å². The largest absolute Gasteiger partial charge is 0.480 e. The Bertz CT molecular complexity index is 645. The van der Waals surface area contributed by atoms with Gasteiger partial charge >= 0.3 is 5.97 Å². The molecule has 0 aliphatic rings. The molecule has 0 aliphatic carbocycles. The fraction of sp³-hybridized carbons (Fsp3) is 0.722. The van der Waals surface area contributed by atoms with Crippen molar-refractivity contribution >= 4 is 42.2 Å². The van der Waals surface area contributed by atoms with Crippen LogP contribution in [0.1, 0.15) is 40.5 Å². The summed E-state index contributed by atoms with van der Waals surface area (Å²) >= 11 is 4.04. The number of hydrogen-bond donors (Lipinski definition) is 7. The van der Waals surface area contributed by atoms with Crippen molar-refractivity contribution < 1.29 is 29.1 Å². The van der Waals surface area contributed by atoms with E-state index in [0.717, 1.165) is 0 Å². The molecule has 0 rings (SSSR count). The minimum Gasteiger partial charge on any atom is -0.480 e. The molecule has 0 heterocycles. The summed E-state index contributed by atoms with van der Waals surface area (Å²) in [5.41, 5.74) is 10.6. The van der Waals surface area contributed by atoms with Crippen LogP contribution in [0.2, 0.25) is 0 Å². The third-order valence-electron chi connectivity index (χ3n) is 4.60. The lowest BCUT2D eigenvalue weighted by atomic mass is 9.96. The Morgan fingerprint density at radius 2 is 1.47 bits per heavy atom. The van der Waals surface area contributed by atoms with Gasteiger partial charge in [0.2, 0.25) is 23.6 Å². The smallest absolute Gasteiger partial charge is 0.326 e. The number of carboxylic acid groups (broad SMARTS) is 1. The molecule has 172 valence electrons. The maximum absolute atomic E-state index is 12.7. The van der Waals surface area contributed by atoms with E-state index in [-0.39, 0.29) is 17.6 Å². The lowest BCUT2D eigenvalue weighted by Gasteiger charge is -2.28. The van der Waals surface area contributed by atoms with Crippen LogP contribution in [0.25, 0.3) is 0 Å². The molecule has 11 nitrogen and oxygen atoms in total. The van der Waals surface area contributed by atoms with Gasteiger partial charge < -0.3 is 32.5 Å². The van der Waals surface area contributed by atoms with Gasteiger partial charge in [0.05, 0.1) is 12.5 Å². The van der Waals surface area contributed by atoms with Gasteiger partial charge in [-0.05, 0) is 11.8 Å². The maximum Gasteiger partial charge on any atom is 0.326 e. The SMILES string of the molecule is CCC(C)C(NC(=O)C(CS)NC(=O)C(N)CC(N)=O)C(=O)NC(C(=O)O)C(C)C. The van der Waals surface area contributed by atoms with E-state index in [9.17, 15) is 29.1 Å². The van der Waals surface area contributed by atoms with Crippen LogP contribution in [-0.2, 0) is 24.0 Å². The zero-order chi connectivity index (χ0) is 23.6. The highest BCUT2D eigenvalue weighted by Gasteiger charge is 2.33. The van der Waals surface area contributed by atoms with Crippen molar-refractivity contribution in [1.29, 1.82) is 0 Å². The second-order valence-corrected chi connectivity index (χ2v) is 7.83. The van der Waals surface area contributed by atoms with E-state index >= 15 is 0 Å². The maximum atomic E-state index is 12.7. The number of aliphatic carboxylic acids is 1. The molecule has 4 amide bonds. The Morgan fingerprint density at radius 1 is 0.933 bits per heavy atom. The summed E-state index contributed by atoms with van der Waals surface area (Å²) in [4.78, 5) is 59.7. The van der Waals surface area contributed by atoms with Crippen LogP contribution in [0.4, 0.5) is 0 Å². The zero-order valence-electron chi connectivity index (χ0n) is 17.7. The number of carbonyl (C=O) groups is 5. The fourth-order valence-corrected chi connectivity index (χ4v) is 2.75. The Balaban J connectivity index is 5.32. The Kier molecular flexibility index (Phi) is 12.0. The normalized spacial score (nSPS) is 16.0. The first-order valence-corrected chi connectivity index (χ1v) is 10.3. The number of carbonyl (C=O) groups excluding carboxylic acids is 4. The lowest BCUT2D eigenvalue weighted by Crippen LogP contribution is -2.59. The van der Waals surface area contributed by atoms with Crippen molar-refractivity contribution in [3.8, 4) is 0 Å². The minimum atomic E-state index is -1.23. The third kappa shape index (κ3) is 8.99. The number of nitrogens with one attached hydrogen (secondary N) is 3. The minimum absolute atomic E-state index is 0.0978. The number of thiol groups is 1. The molecule has 5 atom stereocenters. The molecule has 0 radical (unpaired) electrons. The quantitative estimate of drug-likeness (QED) is 0.164. The highest BCUT2D eigenvalue weighted by atomic mass is 32.1. The topological polar surface area (TPSA) is 194 Å². The van der Waals surface area contributed by atoms with Crippen molar-refractivity contribution in [3.63, 3.8) is 0 Å². The van der Waals surface area contributed by atoms with Crippen LogP contribution < -0.4 is 27.4 Å². The second kappa shape index (κ2) is 13.1. The summed E-state index contributed by atoms with van der Waals surface area (Å²) in [5, 5.41) is 16.6. The molecule has 0 aromatic heterocycles. The van der Waals surface area contributed by atoms with Crippen molar-refractivity contribution in [2.75, 3.05) is 5.75 Å². The van der Waals surface area contributed by atoms with Crippen LogP contribution in [-0.4, -0.2) is 64.6 Å². The number of amides is 4. The number of primary amides is 1. The van der Waals surface area contributed by atoms with E-state index in [0.29, 0.717) is 6.42 Å². The summed E-state index contributed by atoms with van der Waals surface area (Å²) in [6.07, 6.45) is 0.135. The average Bonchev–Trinajstić information content (AvgIpc) is 2.65. The van der Waals surface area contributed by atoms with E-state index in [2.05, 4.69) is 28.6 Å². The predicted molar refractivity (Wildman–Crippen MR) is 113 cm³/mol. The molecule has 0 aromatic rings. The first-order chi connectivity index (χ1) is 13.8. The Hall–Kier alpha value is -2.34. The van der Waals surface area contributed by atoms with Crippen LogP contribution in [0, 0.1) is 11.8 Å². The summed E-state index contributed by atoms with van der Waals surface area (Å²) in [6.45, 7) is 6.84. The number of carboxylic acids is 1. The van der Waals surface area contributed by atoms with E-state index in [1.807, 2.05) is 6.92 Å². The molecule has 0 spiro atoms. The van der Waals surface area contributed by atoms with Crippen molar-refractivity contribution in [2.24, 2.45) is 23.3 Å². The van der Waals surface area contributed by atoms with Gasteiger partial charge in [0.25, 0.3) is 0 Å². The predicted octanol–water partition coefficient (Wildman–Crippen LogP) is -1.64. The molecule has 0 saturated carbocycles. The Labute approximate surface area is 181 Å². The van der Waals surface area contributed by atoms with E-state index in [1.165, 1.54) is 0 Å². The second-order valence-electron chi connectivity index (χ2n) is 7.46. The van der Waals surface area contributed by atoms with Gasteiger partial charge in [0.1, 0.15) is 18.1 Å². The zero-order valence-corrected chi connectivity index (χ0v) is 18.6. The van der Waals surface area contributed by atoms with Crippen LogP contribution in [0.5, 0.6) is 0 Å². The van der Waals surface area contributed by atoms with Crippen LogP contribution in [0.15, 0.2) is 0 Å². The molecule has 8 N–H and O–H groups in total. The molecule has 0 aliphatic heterocycles. The highest BCUT2D eigenvalue weighted by molar-refractivity contribution is 7.80. The average molecular weight is 448 g/mol. The molecular formula is C18H33N5O6S. The molecule has 30 heavy (non-hydrogen) atoms. The molecular weight excluding hydrogens is 414 g/mol. The lowest BCUT2D eigenvalue weighted by molar-refractivity contribution is -0.144. The summed E-state index contributed by atoms with van der Waals surface area (Å²) in [5.74, 6) is -4.83. The van der Waals surface area contributed by atoms with Gasteiger partial charge in [-0.3, -0.25) is 19.2 Å². The highest BCUT2D eigenvalue weighted by Crippen LogP contribution is 2.11. The molecule has 0 bridgehead atoms. The van der Waals surface area contributed by atoms with Gasteiger partial charge in [0, 0.05) is 5.75 Å². The summed E-state index contributed by atoms with van der Waals surface area (Å²) in [7, 11) is 0. The molecule has 0 aromatic carbocycles. The van der Waals surface area contributed by atoms with Gasteiger partial charge in [0.15, 0.2) is 0 Å². The fourth-order valence-electron chi connectivity index (χ4n) is 2.49. The number of hydrogen-bond acceptors (Lipinski definition) is 7.